The Labute approximate surface area is 70.5 Å². The molecule has 0 amide bonds. The average molecular weight is 166 g/mol. The molecule has 0 saturated carbocycles. The normalized spacial score (nSPS) is 10.5. The molecule has 1 heterocycles. The number of hydrogen-bond acceptors (Lipinski definition) is 3. The first-order valence-electron chi connectivity index (χ1n) is 3.46. The van der Waals surface area contributed by atoms with E-state index >= 15 is 0 Å². The quantitative estimate of drug-likeness (QED) is 0.477. The Morgan fingerprint density at radius 1 is 1.75 bits per heavy atom. The summed E-state index contributed by atoms with van der Waals surface area (Å²) in [4.78, 5) is 14.6. The molecule has 0 unspecified atom stereocenters. The first-order valence-corrected chi connectivity index (χ1v) is 3.46. The van der Waals surface area contributed by atoms with Gasteiger partial charge in [0.2, 0.25) is 0 Å². The topological polar surface area (TPSA) is 44.1 Å². The predicted molar refractivity (Wildman–Crippen MR) is 44.3 cm³/mol. The number of methoxy groups -OCH3 is 1. The Hall–Kier alpha value is -1.58. The first kappa shape index (κ1) is 8.52. The zero-order valence-electron chi connectivity index (χ0n) is 7.02. The van der Waals surface area contributed by atoms with Crippen LogP contribution in [0.4, 0.5) is 0 Å². The van der Waals surface area contributed by atoms with Crippen molar-refractivity contribution in [3.63, 3.8) is 0 Å². The van der Waals surface area contributed by atoms with Crippen molar-refractivity contribution in [2.75, 3.05) is 7.11 Å². The largest absolute Gasteiger partial charge is 0.466 e. The van der Waals surface area contributed by atoms with Gasteiger partial charge in [-0.1, -0.05) is 0 Å². The minimum atomic E-state index is -0.365. The molecule has 0 atom stereocenters. The molecule has 1 aromatic heterocycles. The van der Waals surface area contributed by atoms with E-state index in [-0.39, 0.29) is 5.97 Å². The molecular formula is C8H10N2O2. The summed E-state index contributed by atoms with van der Waals surface area (Å²) in [5.74, 6) is -0.365. The van der Waals surface area contributed by atoms with Gasteiger partial charge in [-0.3, -0.25) is 0 Å². The number of imidazole rings is 1. The van der Waals surface area contributed by atoms with Crippen molar-refractivity contribution >= 4 is 12.0 Å². The fourth-order valence-electron chi connectivity index (χ4n) is 0.749. The second-order valence-corrected chi connectivity index (χ2v) is 2.29. The van der Waals surface area contributed by atoms with Crippen LogP contribution in [0.5, 0.6) is 0 Å². The third kappa shape index (κ3) is 1.95. The van der Waals surface area contributed by atoms with Crippen LogP contribution in [0, 0.1) is 0 Å². The van der Waals surface area contributed by atoms with E-state index in [4.69, 9.17) is 0 Å². The van der Waals surface area contributed by atoms with Crippen molar-refractivity contribution in [3.05, 3.63) is 24.3 Å². The predicted octanol–water partition coefficient (Wildman–Crippen LogP) is 0.606. The molecule has 0 saturated heterocycles. The van der Waals surface area contributed by atoms with E-state index in [0.717, 1.165) is 5.69 Å². The maximum absolute atomic E-state index is 10.7. The van der Waals surface area contributed by atoms with Gasteiger partial charge in [0, 0.05) is 13.1 Å². The van der Waals surface area contributed by atoms with Crippen molar-refractivity contribution in [2.45, 2.75) is 0 Å². The van der Waals surface area contributed by atoms with E-state index in [0.29, 0.717) is 0 Å². The van der Waals surface area contributed by atoms with Crippen molar-refractivity contribution in [2.24, 2.45) is 7.05 Å². The number of aryl methyl sites for hydroxylation is 1. The van der Waals surface area contributed by atoms with Crippen molar-refractivity contribution < 1.29 is 9.53 Å². The van der Waals surface area contributed by atoms with Gasteiger partial charge in [-0.05, 0) is 6.08 Å². The van der Waals surface area contributed by atoms with Gasteiger partial charge >= 0.3 is 5.97 Å². The summed E-state index contributed by atoms with van der Waals surface area (Å²) in [5.41, 5.74) is 0.861. The van der Waals surface area contributed by atoms with Crippen LogP contribution >= 0.6 is 0 Å². The van der Waals surface area contributed by atoms with Gasteiger partial charge < -0.3 is 9.30 Å². The Morgan fingerprint density at radius 2 is 2.50 bits per heavy atom. The molecular weight excluding hydrogens is 156 g/mol. The van der Waals surface area contributed by atoms with Crippen LogP contribution < -0.4 is 0 Å². The number of esters is 1. The maximum Gasteiger partial charge on any atom is 0.330 e. The van der Waals surface area contributed by atoms with Gasteiger partial charge in [0.1, 0.15) is 0 Å². The molecule has 1 aromatic rings. The molecule has 0 aliphatic heterocycles. The summed E-state index contributed by atoms with van der Waals surface area (Å²) in [6, 6.07) is 0. The second kappa shape index (κ2) is 3.71. The SMILES string of the molecule is COC(=O)/C=C/c1cncn1C. The lowest BCUT2D eigenvalue weighted by molar-refractivity contribution is -0.134. The average Bonchev–Trinajstić information content (AvgIpc) is 2.47. The first-order chi connectivity index (χ1) is 5.74. The van der Waals surface area contributed by atoms with Crippen molar-refractivity contribution in [1.82, 2.24) is 9.55 Å². The van der Waals surface area contributed by atoms with E-state index in [1.165, 1.54) is 13.2 Å². The van der Waals surface area contributed by atoms with Gasteiger partial charge in [0.15, 0.2) is 0 Å². The van der Waals surface area contributed by atoms with E-state index in [2.05, 4.69) is 9.72 Å². The van der Waals surface area contributed by atoms with E-state index in [1.54, 1.807) is 23.2 Å². The third-order valence-electron chi connectivity index (χ3n) is 1.45. The second-order valence-electron chi connectivity index (χ2n) is 2.29. The lowest BCUT2D eigenvalue weighted by atomic mass is 10.4. The standard InChI is InChI=1S/C8H10N2O2/c1-10-6-9-5-7(10)3-4-8(11)12-2/h3-6H,1-2H3/b4-3+. The molecule has 0 spiro atoms. The highest BCUT2D eigenvalue weighted by Crippen LogP contribution is 1.98. The Balaban J connectivity index is 2.69. The molecule has 0 bridgehead atoms. The van der Waals surface area contributed by atoms with E-state index < -0.39 is 0 Å². The van der Waals surface area contributed by atoms with Gasteiger partial charge in [-0.25, -0.2) is 9.78 Å². The van der Waals surface area contributed by atoms with Gasteiger partial charge in [0.25, 0.3) is 0 Å². The van der Waals surface area contributed by atoms with Crippen molar-refractivity contribution in [3.8, 4) is 0 Å². The third-order valence-corrected chi connectivity index (χ3v) is 1.45. The number of rotatable bonds is 2. The minimum absolute atomic E-state index is 0.365. The lowest BCUT2D eigenvalue weighted by Crippen LogP contribution is -1.94. The van der Waals surface area contributed by atoms with Crippen molar-refractivity contribution in [1.29, 1.82) is 0 Å². The lowest BCUT2D eigenvalue weighted by Gasteiger charge is -1.93. The van der Waals surface area contributed by atoms with E-state index in [1.807, 2.05) is 7.05 Å². The smallest absolute Gasteiger partial charge is 0.330 e. The molecule has 0 aliphatic rings. The summed E-state index contributed by atoms with van der Waals surface area (Å²) in [5, 5.41) is 0. The van der Waals surface area contributed by atoms with Crippen LogP contribution in [0.3, 0.4) is 0 Å². The number of aromatic nitrogens is 2. The highest BCUT2D eigenvalue weighted by Gasteiger charge is 1.94. The number of carbonyl (C=O) groups excluding carboxylic acids is 1. The summed E-state index contributed by atoms with van der Waals surface area (Å²) >= 11 is 0. The highest BCUT2D eigenvalue weighted by molar-refractivity contribution is 5.86. The molecule has 0 fully saturated rings. The van der Waals surface area contributed by atoms with Gasteiger partial charge in [-0.15, -0.1) is 0 Å². The Kier molecular flexibility index (Phi) is 2.63. The monoisotopic (exact) mass is 166 g/mol. The molecule has 4 nitrogen and oxygen atoms in total. The van der Waals surface area contributed by atoms with Crippen LogP contribution in [0.1, 0.15) is 5.69 Å². The minimum Gasteiger partial charge on any atom is -0.466 e. The molecule has 0 aliphatic carbocycles. The molecule has 1 rings (SSSR count). The summed E-state index contributed by atoms with van der Waals surface area (Å²) in [6.07, 6.45) is 6.34. The summed E-state index contributed by atoms with van der Waals surface area (Å²) in [7, 11) is 3.19. The van der Waals surface area contributed by atoms with Crippen LogP contribution in [0.25, 0.3) is 6.08 Å². The number of carbonyl (C=O) groups is 1. The fourth-order valence-corrected chi connectivity index (χ4v) is 0.749. The van der Waals surface area contributed by atoms with Crippen LogP contribution in [0.2, 0.25) is 0 Å². The van der Waals surface area contributed by atoms with E-state index in [9.17, 15) is 4.79 Å². The summed E-state index contributed by atoms with van der Waals surface area (Å²) < 4.78 is 6.24. The number of nitrogens with zero attached hydrogens (tertiary/aromatic N) is 2. The zero-order chi connectivity index (χ0) is 8.97. The Bertz CT molecular complexity index is 302. The molecule has 0 aromatic carbocycles. The zero-order valence-corrected chi connectivity index (χ0v) is 7.02. The fraction of sp³-hybridized carbons (Fsp3) is 0.250. The van der Waals surface area contributed by atoms with Crippen LogP contribution in [-0.2, 0) is 16.6 Å². The Morgan fingerprint density at radius 3 is 3.00 bits per heavy atom. The van der Waals surface area contributed by atoms with Gasteiger partial charge in [0.05, 0.1) is 25.3 Å². The molecule has 64 valence electrons. The summed E-state index contributed by atoms with van der Waals surface area (Å²) in [6.45, 7) is 0. The molecule has 12 heavy (non-hydrogen) atoms. The molecule has 0 N–H and O–H groups in total. The maximum atomic E-state index is 10.7. The number of ether oxygens (including phenoxy) is 1. The van der Waals surface area contributed by atoms with Gasteiger partial charge in [-0.2, -0.15) is 0 Å². The molecule has 0 radical (unpaired) electrons. The highest BCUT2D eigenvalue weighted by atomic mass is 16.5. The molecule has 4 heteroatoms. The van der Waals surface area contributed by atoms with Crippen LogP contribution in [0.15, 0.2) is 18.6 Å². The van der Waals surface area contributed by atoms with Crippen LogP contribution in [-0.4, -0.2) is 22.6 Å². The number of hydrogen-bond donors (Lipinski definition) is 0.